The van der Waals surface area contributed by atoms with E-state index >= 15 is 0 Å². The van der Waals surface area contributed by atoms with Gasteiger partial charge in [0.2, 0.25) is 0 Å². The Morgan fingerprint density at radius 1 is 1.25 bits per heavy atom. The Balaban J connectivity index is 3.56. The summed E-state index contributed by atoms with van der Waals surface area (Å²) in [4.78, 5) is -0.456. The predicted molar refractivity (Wildman–Crippen MR) is 55.2 cm³/mol. The zero-order chi connectivity index (χ0) is 9.61. The summed E-state index contributed by atoms with van der Waals surface area (Å²) in [6.07, 6.45) is 1.00. The van der Waals surface area contributed by atoms with Crippen LogP contribution in [-0.4, -0.2) is 26.6 Å². The van der Waals surface area contributed by atoms with Crippen LogP contribution in [0, 0.1) is 0 Å². The molecule has 0 atom stereocenters. The third kappa shape index (κ3) is 7.37. The van der Waals surface area contributed by atoms with E-state index in [0.29, 0.717) is 6.61 Å². The fourth-order valence-corrected chi connectivity index (χ4v) is 2.34. The first-order valence-corrected chi connectivity index (χ1v) is 7.73. The lowest BCUT2D eigenvalue weighted by Crippen LogP contribution is -2.36. The van der Waals surface area contributed by atoms with Gasteiger partial charge in [0.05, 0.1) is 6.61 Å². The van der Waals surface area contributed by atoms with Gasteiger partial charge in [-0.1, -0.05) is 6.92 Å². The molecular weight excluding hydrogens is 215 g/mol. The summed E-state index contributed by atoms with van der Waals surface area (Å²) < 4.78 is 11.0. The van der Waals surface area contributed by atoms with E-state index in [2.05, 4.69) is 6.92 Å². The number of rotatable bonds is 6. The molecule has 12 heavy (non-hydrogen) atoms. The van der Waals surface area contributed by atoms with Gasteiger partial charge in [0.25, 0.3) is 0 Å². The van der Waals surface area contributed by atoms with Gasteiger partial charge in [0.1, 0.15) is 4.84 Å². The van der Waals surface area contributed by atoms with Crippen LogP contribution in [0.15, 0.2) is 0 Å². The topological polar surface area (TPSA) is 18.5 Å². The summed E-state index contributed by atoms with van der Waals surface area (Å²) in [7, 11) is -1.96. The van der Waals surface area contributed by atoms with Crippen LogP contribution in [0.25, 0.3) is 0 Å². The van der Waals surface area contributed by atoms with Gasteiger partial charge in [-0.15, -0.1) is 23.2 Å². The lowest BCUT2D eigenvalue weighted by Gasteiger charge is -2.22. The van der Waals surface area contributed by atoms with E-state index in [1.807, 2.05) is 13.1 Å². The van der Waals surface area contributed by atoms with Gasteiger partial charge in [-0.2, -0.15) is 0 Å². The maximum Gasteiger partial charge on any atom is 0.331 e. The molecule has 0 aromatic rings. The molecular formula is C7H16Cl2O2Si. The van der Waals surface area contributed by atoms with E-state index in [-0.39, 0.29) is 0 Å². The molecule has 0 radical (unpaired) electrons. The van der Waals surface area contributed by atoms with E-state index in [0.717, 1.165) is 13.0 Å². The fourth-order valence-electron chi connectivity index (χ4n) is 0.653. The molecule has 0 fully saturated rings. The third-order valence-corrected chi connectivity index (χ3v) is 3.22. The van der Waals surface area contributed by atoms with E-state index in [4.69, 9.17) is 32.1 Å². The number of hydrogen-bond donors (Lipinski definition) is 0. The summed E-state index contributed by atoms with van der Waals surface area (Å²) in [5.74, 6) is 0. The van der Waals surface area contributed by atoms with Crippen molar-refractivity contribution in [3.8, 4) is 0 Å². The number of alkyl halides is 2. The Bertz CT molecular complexity index is 120. The van der Waals surface area contributed by atoms with Crippen molar-refractivity contribution < 1.29 is 8.85 Å². The maximum absolute atomic E-state index is 5.53. The minimum Gasteiger partial charge on any atom is -0.395 e. The second-order valence-corrected chi connectivity index (χ2v) is 7.60. The lowest BCUT2D eigenvalue weighted by atomic mass is 10.5. The van der Waals surface area contributed by atoms with Crippen LogP contribution >= 0.6 is 23.2 Å². The van der Waals surface area contributed by atoms with Crippen molar-refractivity contribution in [1.29, 1.82) is 0 Å². The van der Waals surface area contributed by atoms with E-state index < -0.39 is 13.4 Å². The van der Waals surface area contributed by atoms with Gasteiger partial charge >= 0.3 is 8.56 Å². The highest BCUT2D eigenvalue weighted by atomic mass is 35.5. The normalized spacial score (nSPS) is 12.5. The van der Waals surface area contributed by atoms with Crippen molar-refractivity contribution in [1.82, 2.24) is 0 Å². The summed E-state index contributed by atoms with van der Waals surface area (Å²) in [6.45, 7) is 7.13. The van der Waals surface area contributed by atoms with Crippen LogP contribution in [-0.2, 0) is 8.85 Å². The van der Waals surface area contributed by atoms with Crippen molar-refractivity contribution in [2.45, 2.75) is 31.3 Å². The molecule has 0 bridgehead atoms. The molecule has 0 amide bonds. The number of hydrogen-bond acceptors (Lipinski definition) is 2. The van der Waals surface area contributed by atoms with E-state index in [9.17, 15) is 0 Å². The van der Waals surface area contributed by atoms with Crippen molar-refractivity contribution in [3.63, 3.8) is 0 Å². The predicted octanol–water partition coefficient (Wildman–Crippen LogP) is 2.94. The Kier molecular flexibility index (Phi) is 6.58. The first kappa shape index (κ1) is 12.7. The second kappa shape index (κ2) is 6.21. The van der Waals surface area contributed by atoms with Crippen LogP contribution in [0.2, 0.25) is 13.1 Å². The maximum atomic E-state index is 5.53. The molecule has 0 saturated carbocycles. The molecule has 5 heteroatoms. The van der Waals surface area contributed by atoms with Crippen molar-refractivity contribution in [2.24, 2.45) is 0 Å². The van der Waals surface area contributed by atoms with Gasteiger partial charge in [-0.25, -0.2) is 0 Å². The minimum atomic E-state index is -1.96. The molecule has 0 aromatic carbocycles. The average Bonchev–Trinajstić information content (AvgIpc) is 1.98. The molecule has 0 N–H and O–H groups in total. The monoisotopic (exact) mass is 230 g/mol. The Morgan fingerprint density at radius 3 is 2.25 bits per heavy atom. The molecule has 0 heterocycles. The van der Waals surface area contributed by atoms with E-state index in [1.165, 1.54) is 0 Å². The van der Waals surface area contributed by atoms with E-state index in [1.54, 1.807) is 0 Å². The zero-order valence-electron chi connectivity index (χ0n) is 7.77. The summed E-state index contributed by atoms with van der Waals surface area (Å²) >= 11 is 11.0. The van der Waals surface area contributed by atoms with Crippen molar-refractivity contribution >= 4 is 31.8 Å². The molecule has 74 valence electrons. The molecule has 2 nitrogen and oxygen atoms in total. The first-order chi connectivity index (χ1) is 5.48. The van der Waals surface area contributed by atoms with Crippen LogP contribution in [0.1, 0.15) is 13.3 Å². The highest BCUT2D eigenvalue weighted by Gasteiger charge is 2.24. The SMILES string of the molecule is CCCO[Si](C)(C)OCC(Cl)Cl. The fraction of sp³-hybridized carbons (Fsp3) is 1.00. The van der Waals surface area contributed by atoms with Crippen LogP contribution in [0.5, 0.6) is 0 Å². The van der Waals surface area contributed by atoms with Gasteiger partial charge in [-0.05, 0) is 19.5 Å². The molecule has 0 rings (SSSR count). The smallest absolute Gasteiger partial charge is 0.331 e. The van der Waals surface area contributed by atoms with Crippen LogP contribution < -0.4 is 0 Å². The molecule has 0 aliphatic heterocycles. The lowest BCUT2D eigenvalue weighted by molar-refractivity contribution is 0.185. The van der Waals surface area contributed by atoms with Crippen LogP contribution in [0.3, 0.4) is 0 Å². The van der Waals surface area contributed by atoms with Gasteiger partial charge in [0, 0.05) is 6.61 Å². The van der Waals surface area contributed by atoms with Gasteiger partial charge in [0.15, 0.2) is 0 Å². The molecule has 0 spiro atoms. The van der Waals surface area contributed by atoms with Gasteiger partial charge < -0.3 is 8.85 Å². The molecule has 0 unspecified atom stereocenters. The molecule has 0 saturated heterocycles. The highest BCUT2D eigenvalue weighted by molar-refractivity contribution is 6.64. The molecule has 0 aromatic heterocycles. The quantitative estimate of drug-likeness (QED) is 0.517. The van der Waals surface area contributed by atoms with Crippen molar-refractivity contribution in [2.75, 3.05) is 13.2 Å². The Morgan fingerprint density at radius 2 is 1.83 bits per heavy atom. The minimum absolute atomic E-state index is 0.353. The van der Waals surface area contributed by atoms with Crippen LogP contribution in [0.4, 0.5) is 0 Å². The first-order valence-electron chi connectivity index (χ1n) is 4.04. The standard InChI is InChI=1S/C7H16Cl2O2Si/c1-4-5-10-12(2,3)11-6-7(8)9/h7H,4-6H2,1-3H3. The summed E-state index contributed by atoms with van der Waals surface area (Å²) in [6, 6.07) is 0. The second-order valence-electron chi connectivity index (χ2n) is 2.95. The Hall–Kier alpha value is 0.717. The van der Waals surface area contributed by atoms with Crippen molar-refractivity contribution in [3.05, 3.63) is 0 Å². The summed E-state index contributed by atoms with van der Waals surface area (Å²) in [5.41, 5.74) is 0. The molecule has 0 aliphatic carbocycles. The number of halogens is 2. The largest absolute Gasteiger partial charge is 0.395 e. The highest BCUT2D eigenvalue weighted by Crippen LogP contribution is 2.10. The average molecular weight is 231 g/mol. The van der Waals surface area contributed by atoms with Gasteiger partial charge in [-0.3, -0.25) is 0 Å². The zero-order valence-corrected chi connectivity index (χ0v) is 10.3. The molecule has 0 aliphatic rings. The Labute approximate surface area is 85.4 Å². The third-order valence-electron chi connectivity index (χ3n) is 1.21. The summed E-state index contributed by atoms with van der Waals surface area (Å²) in [5, 5.41) is 0.